The summed E-state index contributed by atoms with van der Waals surface area (Å²) in [5.74, 6) is -0.254. The van der Waals surface area contributed by atoms with Gasteiger partial charge in [0.1, 0.15) is 0 Å². The Morgan fingerprint density at radius 2 is 2.00 bits per heavy atom. The van der Waals surface area contributed by atoms with E-state index in [1.165, 1.54) is 39.0 Å². The van der Waals surface area contributed by atoms with E-state index in [-0.39, 0.29) is 19.0 Å². The summed E-state index contributed by atoms with van der Waals surface area (Å²) < 4.78 is 12.8. The van der Waals surface area contributed by atoms with Crippen molar-refractivity contribution in [2.75, 3.05) is 42.7 Å². The Balaban J connectivity index is 1.33. The van der Waals surface area contributed by atoms with Gasteiger partial charge in [-0.1, -0.05) is 13.0 Å². The summed E-state index contributed by atoms with van der Waals surface area (Å²) in [6, 6.07) is 10.4. The summed E-state index contributed by atoms with van der Waals surface area (Å²) in [7, 11) is 2.87. The van der Waals surface area contributed by atoms with Crippen LogP contribution in [0.3, 0.4) is 0 Å². The first kappa shape index (κ1) is 28.2. The van der Waals surface area contributed by atoms with E-state index in [9.17, 15) is 24.0 Å². The zero-order chi connectivity index (χ0) is 29.3. The molecule has 1 fully saturated rings. The van der Waals surface area contributed by atoms with Crippen LogP contribution in [0.15, 0.2) is 57.0 Å². The Bertz CT molecular complexity index is 1700. The fraction of sp³-hybridized carbons (Fsp3) is 0.321. The Kier molecular flexibility index (Phi) is 7.99. The predicted molar refractivity (Wildman–Crippen MR) is 155 cm³/mol. The van der Waals surface area contributed by atoms with E-state index < -0.39 is 29.5 Å². The molecule has 0 aliphatic carbocycles. The van der Waals surface area contributed by atoms with Crippen LogP contribution >= 0.6 is 11.8 Å². The monoisotopic (exact) mass is 579 g/mol. The van der Waals surface area contributed by atoms with E-state index in [1.807, 2.05) is 24.0 Å². The summed E-state index contributed by atoms with van der Waals surface area (Å²) >= 11 is 1.44. The molecular weight excluding hydrogens is 550 g/mol. The second-order valence-electron chi connectivity index (χ2n) is 9.53. The van der Waals surface area contributed by atoms with E-state index in [2.05, 4.69) is 10.1 Å². The number of fused-ring (bicyclic) bond motifs is 2. The fourth-order valence-electron chi connectivity index (χ4n) is 4.88. The Labute approximate surface area is 239 Å². The number of carbonyl (C=O) groups is 3. The number of amides is 2. The van der Waals surface area contributed by atoms with Crippen molar-refractivity contribution in [1.82, 2.24) is 14.0 Å². The molecule has 3 aromatic rings. The fourth-order valence-corrected chi connectivity index (χ4v) is 5.67. The van der Waals surface area contributed by atoms with Crippen molar-refractivity contribution in [3.8, 4) is 0 Å². The lowest BCUT2D eigenvalue weighted by Gasteiger charge is -2.26. The molecule has 2 aromatic carbocycles. The summed E-state index contributed by atoms with van der Waals surface area (Å²) in [5, 5.41) is 3.19. The minimum Gasteiger partial charge on any atom is -0.466 e. The molecule has 2 aliphatic rings. The number of benzene rings is 2. The van der Waals surface area contributed by atoms with Gasteiger partial charge < -0.3 is 14.8 Å². The smallest absolute Gasteiger partial charge is 0.416 e. The average molecular weight is 580 g/mol. The molecule has 1 aromatic heterocycles. The van der Waals surface area contributed by atoms with Gasteiger partial charge in [0, 0.05) is 36.8 Å². The van der Waals surface area contributed by atoms with Crippen LogP contribution in [-0.2, 0) is 32.7 Å². The van der Waals surface area contributed by atoms with E-state index >= 15 is 0 Å². The number of likely N-dealkylation sites (N-methyl/N-ethyl adjacent to an activating group) is 1. The lowest BCUT2D eigenvalue weighted by Crippen LogP contribution is -2.45. The van der Waals surface area contributed by atoms with Gasteiger partial charge in [-0.25, -0.2) is 14.4 Å². The van der Waals surface area contributed by atoms with Gasteiger partial charge in [0.2, 0.25) is 5.91 Å². The summed E-state index contributed by atoms with van der Waals surface area (Å²) in [4.78, 5) is 66.8. The number of cyclic esters (lactones) is 1. The zero-order valence-electron chi connectivity index (χ0n) is 22.8. The number of thioether (sulfide) groups is 1. The molecule has 41 heavy (non-hydrogen) atoms. The highest BCUT2D eigenvalue weighted by atomic mass is 32.2. The highest BCUT2D eigenvalue weighted by molar-refractivity contribution is 8.00. The summed E-state index contributed by atoms with van der Waals surface area (Å²) in [6.45, 7) is 3.06. The van der Waals surface area contributed by atoms with Crippen molar-refractivity contribution in [2.24, 2.45) is 7.05 Å². The van der Waals surface area contributed by atoms with Gasteiger partial charge in [-0.05, 0) is 48.5 Å². The predicted octanol–water partition coefficient (Wildman–Crippen LogP) is 2.24. The van der Waals surface area contributed by atoms with E-state index in [1.54, 1.807) is 37.4 Å². The number of carbonyl (C=O) groups excluding carboxylic acids is 3. The third kappa shape index (κ3) is 5.63. The number of anilines is 2. The number of esters is 1. The zero-order valence-corrected chi connectivity index (χ0v) is 23.6. The molecule has 1 atom stereocenters. The van der Waals surface area contributed by atoms with Crippen LogP contribution in [0.25, 0.3) is 17.0 Å². The lowest BCUT2D eigenvalue weighted by molar-refractivity contribution is -0.134. The van der Waals surface area contributed by atoms with Crippen LogP contribution in [0, 0.1) is 0 Å². The molecule has 1 saturated heterocycles. The molecule has 3 heterocycles. The van der Waals surface area contributed by atoms with Crippen molar-refractivity contribution in [3.05, 3.63) is 68.9 Å². The number of methoxy groups -OCH3 is 1. The van der Waals surface area contributed by atoms with Crippen molar-refractivity contribution >= 4 is 58.1 Å². The maximum atomic E-state index is 13.3. The number of ether oxygens (including phenoxy) is 2. The molecule has 2 aliphatic heterocycles. The topological polar surface area (TPSA) is 132 Å². The largest absolute Gasteiger partial charge is 0.466 e. The van der Waals surface area contributed by atoms with Crippen LogP contribution in [0.4, 0.5) is 16.2 Å². The van der Waals surface area contributed by atoms with Crippen molar-refractivity contribution in [1.29, 1.82) is 0 Å². The van der Waals surface area contributed by atoms with Crippen molar-refractivity contribution < 1.29 is 23.9 Å². The number of aromatic nitrogens is 2. The molecular formula is C28H29N5O7S. The maximum Gasteiger partial charge on any atom is 0.416 e. The minimum absolute atomic E-state index is 0.0927. The number of hydrogen-bond donors (Lipinski definition) is 1. The van der Waals surface area contributed by atoms with Crippen LogP contribution in [0.1, 0.15) is 12.5 Å². The first-order valence-corrected chi connectivity index (χ1v) is 14.0. The molecule has 5 rings (SSSR count). The lowest BCUT2D eigenvalue weighted by atomic mass is 10.1. The molecule has 1 N–H and O–H groups in total. The molecule has 1 unspecified atom stereocenters. The van der Waals surface area contributed by atoms with Crippen LogP contribution in [-0.4, -0.2) is 70.7 Å². The van der Waals surface area contributed by atoms with Gasteiger partial charge in [-0.2, -0.15) is 0 Å². The molecule has 12 nitrogen and oxygen atoms in total. The number of rotatable bonds is 8. The van der Waals surface area contributed by atoms with Crippen molar-refractivity contribution in [3.63, 3.8) is 0 Å². The van der Waals surface area contributed by atoms with E-state index in [0.717, 1.165) is 4.90 Å². The summed E-state index contributed by atoms with van der Waals surface area (Å²) in [6.07, 6.45) is 1.71. The van der Waals surface area contributed by atoms with Gasteiger partial charge in [0.05, 0.1) is 36.0 Å². The Morgan fingerprint density at radius 1 is 1.20 bits per heavy atom. The Morgan fingerprint density at radius 3 is 2.76 bits per heavy atom. The normalized spacial score (nSPS) is 16.8. The van der Waals surface area contributed by atoms with Gasteiger partial charge in [0.15, 0.2) is 6.23 Å². The highest BCUT2D eigenvalue weighted by Gasteiger charge is 2.36. The van der Waals surface area contributed by atoms with Crippen molar-refractivity contribution in [2.45, 2.75) is 24.6 Å². The third-order valence-electron chi connectivity index (χ3n) is 7.12. The highest BCUT2D eigenvalue weighted by Crippen LogP contribution is 2.35. The maximum absolute atomic E-state index is 13.3. The summed E-state index contributed by atoms with van der Waals surface area (Å²) in [5.41, 5.74) is 1.44. The number of nitrogens with zero attached hydrogens (tertiary/aromatic N) is 4. The number of hydrogen-bond acceptors (Lipinski definition) is 9. The van der Waals surface area contributed by atoms with Crippen LogP contribution in [0.2, 0.25) is 0 Å². The SMILES string of the molecule is CCN(CCn1c(=O)c2ccc(C=CC(=O)OC)cc2n(C)c1=O)C1CN(c2ccc3c(c2)NC(=O)CS3)C(=O)O1. The minimum atomic E-state index is -0.586. The molecule has 0 radical (unpaired) electrons. The second kappa shape index (κ2) is 11.6. The first-order chi connectivity index (χ1) is 19.7. The molecule has 0 saturated carbocycles. The third-order valence-corrected chi connectivity index (χ3v) is 8.19. The van der Waals surface area contributed by atoms with Gasteiger partial charge >= 0.3 is 17.8 Å². The standard InChI is InChI=1S/C28H29N5O7S/c1-4-31(24-15-33(28(38)40-24)18-7-9-22-20(14-18)29-23(34)16-41-22)11-12-32-26(36)19-8-5-17(6-10-25(35)39-3)13-21(19)30(2)27(32)37/h5-10,13-14,24H,4,11-12,15-16H2,1-3H3,(H,29,34). The van der Waals surface area contributed by atoms with Crippen LogP contribution < -0.4 is 21.5 Å². The first-order valence-electron chi connectivity index (χ1n) is 13.0. The van der Waals surface area contributed by atoms with Gasteiger partial charge in [-0.3, -0.25) is 28.5 Å². The quantitative estimate of drug-likeness (QED) is 0.315. The second-order valence-corrected chi connectivity index (χ2v) is 10.5. The molecule has 0 bridgehead atoms. The average Bonchev–Trinajstić information content (AvgIpc) is 3.37. The van der Waals surface area contributed by atoms with Crippen LogP contribution in [0.5, 0.6) is 0 Å². The Hall–Kier alpha value is -4.36. The van der Waals surface area contributed by atoms with E-state index in [0.29, 0.717) is 46.7 Å². The van der Waals surface area contributed by atoms with Gasteiger partial charge in [-0.15, -0.1) is 11.8 Å². The number of nitrogens with one attached hydrogen (secondary N) is 1. The molecule has 214 valence electrons. The van der Waals surface area contributed by atoms with E-state index in [4.69, 9.17) is 4.74 Å². The molecule has 13 heteroatoms. The van der Waals surface area contributed by atoms with Gasteiger partial charge in [0.25, 0.3) is 5.56 Å². The molecule has 0 spiro atoms. The number of aryl methyl sites for hydroxylation is 1. The molecule has 2 amide bonds.